The van der Waals surface area contributed by atoms with Crippen LogP contribution in [0.1, 0.15) is 43.6 Å². The van der Waals surface area contributed by atoms with E-state index in [9.17, 15) is 10.00 Å². The first-order valence-electron chi connectivity index (χ1n) is 9.81. The number of hydrogen-bond donors (Lipinski definition) is 4. The highest BCUT2D eigenvalue weighted by Crippen LogP contribution is 2.38. The van der Waals surface area contributed by atoms with E-state index in [2.05, 4.69) is 40.3 Å². The van der Waals surface area contributed by atoms with Gasteiger partial charge < -0.3 is 20.4 Å². The molecule has 31 heavy (non-hydrogen) atoms. The Kier molecular flexibility index (Phi) is 8.41. The molecule has 0 amide bonds. The number of nitrogens with one attached hydrogen (secondary N) is 2. The second-order valence-corrected chi connectivity index (χ2v) is 10.2. The second kappa shape index (κ2) is 11.0. The number of nitriles is 1. The summed E-state index contributed by atoms with van der Waals surface area (Å²) in [5.41, 5.74) is 2.16. The molecule has 0 saturated carbocycles. The second-order valence-electron chi connectivity index (χ2n) is 7.41. The van der Waals surface area contributed by atoms with Crippen LogP contribution >= 0.6 is 32.1 Å². The minimum atomic E-state index is -0.460. The number of aliphatic hydroxyl groups is 1. The normalized spacial score (nSPS) is 13.6. The molecule has 4 N–H and O–H groups in total. The highest BCUT2D eigenvalue weighted by atomic mass is 32.2. The molecule has 0 aliphatic rings. The van der Waals surface area contributed by atoms with Crippen molar-refractivity contribution in [3.8, 4) is 6.07 Å². The van der Waals surface area contributed by atoms with Crippen molar-refractivity contribution in [2.24, 2.45) is 5.92 Å². The monoisotopic (exact) mass is 476 g/mol. The van der Waals surface area contributed by atoms with Crippen LogP contribution < -0.4 is 10.4 Å². The molecule has 11 heteroatoms. The Morgan fingerprint density at radius 2 is 2.06 bits per heavy atom. The summed E-state index contributed by atoms with van der Waals surface area (Å²) >= 11 is 2.84. The summed E-state index contributed by atoms with van der Waals surface area (Å²) in [6, 6.07) is 9.52. The predicted octanol–water partition coefficient (Wildman–Crippen LogP) is 4.54. The smallest absolute Gasteiger partial charge is 0.192 e. The van der Waals surface area contributed by atoms with Gasteiger partial charge in [0.1, 0.15) is 13.7 Å². The van der Waals surface area contributed by atoms with Crippen LogP contribution in [0.15, 0.2) is 29.4 Å². The SMILES string of the molecule is CC(C)CC(CO)Nc1nc(SC(C)c2cccc(C#N)c2)nc2nc(NPO)sc12. The molecule has 0 aliphatic carbocycles. The van der Waals surface area contributed by atoms with Crippen molar-refractivity contribution in [2.45, 2.75) is 43.6 Å². The van der Waals surface area contributed by atoms with Crippen LogP contribution in [-0.2, 0) is 0 Å². The van der Waals surface area contributed by atoms with Crippen LogP contribution in [-0.4, -0.2) is 37.6 Å². The van der Waals surface area contributed by atoms with Gasteiger partial charge in [-0.25, -0.2) is 9.97 Å². The van der Waals surface area contributed by atoms with Gasteiger partial charge in [0, 0.05) is 5.25 Å². The standard InChI is InChI=1S/C20H25N6O2PS2/c1-11(2)7-15(10-27)22-17-16-18(25-20(31-16)26-29-28)24-19(23-17)30-12(3)14-6-4-5-13(8-14)9-21/h4-6,8,11-12,15,27-29H,7,10H2,1-3H3,(H2,22,23,24,25,26). The Morgan fingerprint density at radius 1 is 1.26 bits per heavy atom. The molecular weight excluding hydrogens is 451 g/mol. The molecule has 0 bridgehead atoms. The third-order valence-corrected chi connectivity index (χ3v) is 7.00. The van der Waals surface area contributed by atoms with E-state index < -0.39 is 8.96 Å². The Balaban J connectivity index is 1.94. The first kappa shape index (κ1) is 23.6. The molecule has 0 radical (unpaired) electrons. The maximum atomic E-state index is 9.82. The fourth-order valence-corrected chi connectivity index (χ4v) is 5.17. The van der Waals surface area contributed by atoms with Crippen molar-refractivity contribution in [2.75, 3.05) is 17.0 Å². The number of nitrogens with zero attached hydrogens (tertiary/aromatic N) is 4. The summed E-state index contributed by atoms with van der Waals surface area (Å²) < 4.78 is 0.770. The lowest BCUT2D eigenvalue weighted by Gasteiger charge is -2.19. The van der Waals surface area contributed by atoms with Crippen molar-refractivity contribution >= 4 is 53.4 Å². The summed E-state index contributed by atoms with van der Waals surface area (Å²) in [5, 5.41) is 26.3. The lowest BCUT2D eigenvalue weighted by molar-refractivity contribution is 0.259. The summed E-state index contributed by atoms with van der Waals surface area (Å²) in [6.07, 6.45) is 0.795. The van der Waals surface area contributed by atoms with Gasteiger partial charge in [0.25, 0.3) is 0 Å². The van der Waals surface area contributed by atoms with E-state index in [1.54, 1.807) is 6.07 Å². The van der Waals surface area contributed by atoms with Crippen molar-refractivity contribution in [1.29, 1.82) is 5.26 Å². The molecule has 3 aromatic rings. The predicted molar refractivity (Wildman–Crippen MR) is 129 cm³/mol. The van der Waals surface area contributed by atoms with E-state index in [-0.39, 0.29) is 17.9 Å². The molecule has 3 atom stereocenters. The van der Waals surface area contributed by atoms with Gasteiger partial charge in [-0.2, -0.15) is 10.2 Å². The lowest BCUT2D eigenvalue weighted by Crippen LogP contribution is -2.26. The van der Waals surface area contributed by atoms with E-state index >= 15 is 0 Å². The van der Waals surface area contributed by atoms with E-state index in [4.69, 9.17) is 10.2 Å². The van der Waals surface area contributed by atoms with Crippen LogP contribution in [0.3, 0.4) is 0 Å². The third-order valence-electron chi connectivity index (χ3n) is 4.48. The quantitative estimate of drug-likeness (QED) is 0.189. The fraction of sp³-hybridized carbons (Fsp3) is 0.400. The summed E-state index contributed by atoms with van der Waals surface area (Å²) in [5.74, 6) is 1.04. The Bertz CT molecular complexity index is 1070. The first-order chi connectivity index (χ1) is 14.9. The highest BCUT2D eigenvalue weighted by molar-refractivity contribution is 7.99. The van der Waals surface area contributed by atoms with Gasteiger partial charge in [-0.3, -0.25) is 0 Å². The molecule has 3 rings (SSSR count). The van der Waals surface area contributed by atoms with Gasteiger partial charge in [-0.1, -0.05) is 49.1 Å². The molecule has 2 aromatic heterocycles. The first-order valence-corrected chi connectivity index (χ1v) is 12.5. The highest BCUT2D eigenvalue weighted by Gasteiger charge is 2.19. The van der Waals surface area contributed by atoms with Crippen LogP contribution in [0, 0.1) is 17.2 Å². The topological polar surface area (TPSA) is 127 Å². The number of hydrogen-bond acceptors (Lipinski definition) is 10. The van der Waals surface area contributed by atoms with E-state index in [0.29, 0.717) is 33.2 Å². The molecule has 0 spiro atoms. The van der Waals surface area contributed by atoms with Crippen LogP contribution in [0.25, 0.3) is 10.3 Å². The number of anilines is 2. The number of aliphatic hydroxyl groups excluding tert-OH is 1. The maximum Gasteiger partial charge on any atom is 0.192 e. The minimum Gasteiger partial charge on any atom is -0.394 e. The van der Waals surface area contributed by atoms with Gasteiger partial charge in [-0.05, 0) is 37.0 Å². The summed E-state index contributed by atoms with van der Waals surface area (Å²) in [7, 11) is -0.460. The van der Waals surface area contributed by atoms with Gasteiger partial charge in [0.05, 0.1) is 24.3 Å². The zero-order valence-corrected chi connectivity index (χ0v) is 20.1. The molecule has 1 aromatic carbocycles. The number of rotatable bonds is 10. The molecule has 3 unspecified atom stereocenters. The molecule has 8 nitrogen and oxygen atoms in total. The summed E-state index contributed by atoms with van der Waals surface area (Å²) in [4.78, 5) is 23.0. The minimum absolute atomic E-state index is 0.00849. The molecule has 0 aliphatic heterocycles. The van der Waals surface area contributed by atoms with E-state index in [1.165, 1.54) is 23.1 Å². The van der Waals surface area contributed by atoms with Gasteiger partial charge in [0.2, 0.25) is 0 Å². The number of benzene rings is 1. The van der Waals surface area contributed by atoms with Gasteiger partial charge in [0.15, 0.2) is 21.8 Å². The number of thioether (sulfide) groups is 1. The van der Waals surface area contributed by atoms with Crippen molar-refractivity contribution in [3.63, 3.8) is 0 Å². The third kappa shape index (κ3) is 6.25. The number of fused-ring (bicyclic) bond motifs is 1. The van der Waals surface area contributed by atoms with Crippen molar-refractivity contribution in [3.05, 3.63) is 35.4 Å². The Labute approximate surface area is 191 Å². The number of aromatic nitrogens is 3. The largest absolute Gasteiger partial charge is 0.394 e. The zero-order valence-electron chi connectivity index (χ0n) is 17.5. The van der Waals surface area contributed by atoms with Gasteiger partial charge in [-0.15, -0.1) is 0 Å². The average molecular weight is 477 g/mol. The van der Waals surface area contributed by atoms with E-state index in [0.717, 1.165) is 16.7 Å². The molecular formula is C20H25N6O2PS2. The van der Waals surface area contributed by atoms with Crippen molar-refractivity contribution < 1.29 is 10.00 Å². The maximum absolute atomic E-state index is 9.82. The van der Waals surface area contributed by atoms with Gasteiger partial charge >= 0.3 is 0 Å². The van der Waals surface area contributed by atoms with E-state index in [1.807, 2.05) is 25.1 Å². The Morgan fingerprint density at radius 3 is 2.74 bits per heavy atom. The average Bonchev–Trinajstić information content (AvgIpc) is 3.16. The molecule has 164 valence electrons. The Hall–Kier alpha value is -2.02. The molecule has 0 saturated heterocycles. The van der Waals surface area contributed by atoms with Crippen LogP contribution in [0.5, 0.6) is 0 Å². The van der Waals surface area contributed by atoms with Crippen molar-refractivity contribution in [1.82, 2.24) is 15.0 Å². The van der Waals surface area contributed by atoms with Crippen LogP contribution in [0.4, 0.5) is 10.9 Å². The fourth-order valence-electron chi connectivity index (χ4n) is 3.08. The summed E-state index contributed by atoms with van der Waals surface area (Å²) in [6.45, 7) is 6.24. The van der Waals surface area contributed by atoms with Crippen LogP contribution in [0.2, 0.25) is 0 Å². The zero-order chi connectivity index (χ0) is 22.4. The molecule has 2 heterocycles. The lowest BCUT2D eigenvalue weighted by atomic mass is 10.0. The number of thiazole rings is 1. The molecule has 0 fully saturated rings.